The van der Waals surface area contributed by atoms with Gasteiger partial charge in [-0.2, -0.15) is 0 Å². The number of hydrogen-bond donors (Lipinski definition) is 0. The van der Waals surface area contributed by atoms with E-state index in [9.17, 15) is 0 Å². The van der Waals surface area contributed by atoms with Gasteiger partial charge >= 0.3 is 0 Å². The number of hydrogen-bond acceptors (Lipinski definition) is 0. The Kier molecular flexibility index (Phi) is 3.38. The zero-order chi connectivity index (χ0) is 9.12. The molecular formula is C10H20Si. The summed E-state index contributed by atoms with van der Waals surface area (Å²) in [7, 11) is -0.931. The van der Waals surface area contributed by atoms with Crippen molar-refractivity contribution in [3.05, 3.63) is 0 Å². The second-order valence-corrected chi connectivity index (χ2v) is 10.8. The van der Waals surface area contributed by atoms with Gasteiger partial charge in [-0.1, -0.05) is 25.6 Å². The molecule has 0 N–H and O–H groups in total. The first-order valence-corrected chi connectivity index (χ1v) is 7.91. The molecule has 0 aromatic rings. The summed E-state index contributed by atoms with van der Waals surface area (Å²) in [4.78, 5) is 0. The van der Waals surface area contributed by atoms with E-state index < -0.39 is 8.07 Å². The molecule has 0 fully saturated rings. The fourth-order valence-electron chi connectivity index (χ4n) is 0.575. The van der Waals surface area contributed by atoms with Gasteiger partial charge in [0.05, 0.1) is 8.07 Å². The molecule has 0 amide bonds. The lowest BCUT2D eigenvalue weighted by molar-refractivity contribution is 0.570. The molecule has 0 atom stereocenters. The van der Waals surface area contributed by atoms with Crippen LogP contribution < -0.4 is 0 Å². The normalized spacial score (nSPS) is 12.2. The minimum atomic E-state index is -0.931. The highest BCUT2D eigenvalue weighted by Gasteiger charge is 2.10. The van der Waals surface area contributed by atoms with Crippen molar-refractivity contribution in [2.24, 2.45) is 5.41 Å². The summed E-state index contributed by atoms with van der Waals surface area (Å²) in [6.45, 7) is 13.5. The standard InChI is InChI=1S/C10H20Si/c1-10(2,3)8-7-9-11(4,5)6/h9H2,1-6H3. The van der Waals surface area contributed by atoms with E-state index in [1.54, 1.807) is 0 Å². The molecule has 0 aromatic heterocycles. The zero-order valence-electron chi connectivity index (χ0n) is 8.71. The summed E-state index contributed by atoms with van der Waals surface area (Å²) in [5.74, 6) is 6.54. The van der Waals surface area contributed by atoms with Gasteiger partial charge in [-0.3, -0.25) is 0 Å². The smallest absolute Gasteiger partial charge is 0.0573 e. The van der Waals surface area contributed by atoms with Crippen LogP contribution in [0.5, 0.6) is 0 Å². The fourth-order valence-corrected chi connectivity index (χ4v) is 1.19. The second-order valence-electron chi connectivity index (χ2n) is 5.29. The van der Waals surface area contributed by atoms with Crippen molar-refractivity contribution < 1.29 is 0 Å². The molecule has 0 spiro atoms. The van der Waals surface area contributed by atoms with E-state index in [0.29, 0.717) is 0 Å². The Morgan fingerprint density at radius 3 is 1.82 bits per heavy atom. The molecule has 0 aliphatic heterocycles. The van der Waals surface area contributed by atoms with Crippen molar-refractivity contribution in [2.45, 2.75) is 46.5 Å². The van der Waals surface area contributed by atoms with Crippen molar-refractivity contribution in [3.63, 3.8) is 0 Å². The summed E-state index contributed by atoms with van der Waals surface area (Å²) < 4.78 is 0. The average Bonchev–Trinajstić information content (AvgIpc) is 1.55. The Hall–Kier alpha value is -0.223. The van der Waals surface area contributed by atoms with Crippen LogP contribution in [0.1, 0.15) is 20.8 Å². The van der Waals surface area contributed by atoms with Gasteiger partial charge in [0.1, 0.15) is 0 Å². The largest absolute Gasteiger partial charge is 0.106 e. The van der Waals surface area contributed by atoms with Crippen LogP contribution in [0.4, 0.5) is 0 Å². The van der Waals surface area contributed by atoms with Crippen molar-refractivity contribution in [2.75, 3.05) is 0 Å². The summed E-state index contributed by atoms with van der Waals surface area (Å²) in [5, 5.41) is 0. The second kappa shape index (κ2) is 3.45. The van der Waals surface area contributed by atoms with Crippen LogP contribution in [0.25, 0.3) is 0 Å². The van der Waals surface area contributed by atoms with Crippen LogP contribution in [-0.2, 0) is 0 Å². The van der Waals surface area contributed by atoms with E-state index in [1.165, 1.54) is 0 Å². The van der Waals surface area contributed by atoms with Gasteiger partial charge in [-0.15, -0.1) is 5.92 Å². The Morgan fingerprint density at radius 2 is 1.55 bits per heavy atom. The van der Waals surface area contributed by atoms with Gasteiger partial charge in [0.25, 0.3) is 0 Å². The summed E-state index contributed by atoms with van der Waals surface area (Å²) >= 11 is 0. The average molecular weight is 168 g/mol. The van der Waals surface area contributed by atoms with Gasteiger partial charge in [-0.05, 0) is 20.8 Å². The SMILES string of the molecule is CC(C)(C)C#CC[Si](C)(C)C. The van der Waals surface area contributed by atoms with Crippen LogP contribution in [0.2, 0.25) is 25.7 Å². The van der Waals surface area contributed by atoms with Crippen LogP contribution in [-0.4, -0.2) is 8.07 Å². The summed E-state index contributed by atoms with van der Waals surface area (Å²) in [6.07, 6.45) is 0. The summed E-state index contributed by atoms with van der Waals surface area (Å²) in [6, 6.07) is 1.13. The van der Waals surface area contributed by atoms with Crippen molar-refractivity contribution in [3.8, 4) is 11.8 Å². The lowest BCUT2D eigenvalue weighted by Crippen LogP contribution is -2.17. The minimum absolute atomic E-state index is 0.180. The first kappa shape index (κ1) is 10.8. The van der Waals surface area contributed by atoms with E-state index >= 15 is 0 Å². The Balaban J connectivity index is 3.94. The lowest BCUT2D eigenvalue weighted by atomic mass is 9.98. The first-order valence-electron chi connectivity index (χ1n) is 4.21. The van der Waals surface area contributed by atoms with Gasteiger partial charge in [0.2, 0.25) is 0 Å². The predicted octanol–water partition coefficient (Wildman–Crippen LogP) is 3.37. The Morgan fingerprint density at radius 1 is 1.09 bits per heavy atom. The maximum Gasteiger partial charge on any atom is 0.0573 e. The van der Waals surface area contributed by atoms with Gasteiger partial charge in [0.15, 0.2) is 0 Å². The van der Waals surface area contributed by atoms with Crippen LogP contribution in [0, 0.1) is 17.3 Å². The summed E-state index contributed by atoms with van der Waals surface area (Å²) in [5.41, 5.74) is 0.180. The van der Waals surface area contributed by atoms with Crippen LogP contribution in [0.3, 0.4) is 0 Å². The third kappa shape index (κ3) is 9.78. The maximum atomic E-state index is 3.28. The molecule has 0 aromatic carbocycles. The number of rotatable bonds is 1. The molecule has 0 aliphatic rings. The first-order chi connectivity index (χ1) is 4.71. The third-order valence-corrected chi connectivity index (χ3v) is 2.32. The van der Waals surface area contributed by atoms with Gasteiger partial charge in [0, 0.05) is 11.5 Å². The molecular weight excluding hydrogens is 148 g/mol. The van der Waals surface area contributed by atoms with E-state index in [0.717, 1.165) is 6.04 Å². The molecule has 1 heteroatoms. The Bertz CT molecular complexity index is 168. The molecule has 11 heavy (non-hydrogen) atoms. The molecule has 0 nitrogen and oxygen atoms in total. The van der Waals surface area contributed by atoms with E-state index in [2.05, 4.69) is 52.3 Å². The highest BCUT2D eigenvalue weighted by Crippen LogP contribution is 2.12. The molecule has 0 saturated carbocycles. The predicted molar refractivity (Wildman–Crippen MR) is 55.4 cm³/mol. The highest BCUT2D eigenvalue weighted by atomic mass is 28.3. The maximum absolute atomic E-state index is 3.28. The molecule has 0 aliphatic carbocycles. The highest BCUT2D eigenvalue weighted by molar-refractivity contribution is 6.76. The molecule has 64 valence electrons. The molecule has 0 heterocycles. The molecule has 0 bridgehead atoms. The minimum Gasteiger partial charge on any atom is -0.106 e. The monoisotopic (exact) mass is 168 g/mol. The van der Waals surface area contributed by atoms with Crippen molar-refractivity contribution >= 4 is 8.07 Å². The lowest BCUT2D eigenvalue weighted by Gasteiger charge is -2.11. The van der Waals surface area contributed by atoms with E-state index in [4.69, 9.17) is 0 Å². The quantitative estimate of drug-likeness (QED) is 0.416. The van der Waals surface area contributed by atoms with Crippen LogP contribution >= 0.6 is 0 Å². The molecule has 0 saturated heterocycles. The van der Waals surface area contributed by atoms with E-state index in [1.807, 2.05) is 0 Å². The van der Waals surface area contributed by atoms with Crippen molar-refractivity contribution in [1.29, 1.82) is 0 Å². The van der Waals surface area contributed by atoms with Gasteiger partial charge in [-0.25, -0.2) is 0 Å². The molecule has 0 unspecified atom stereocenters. The van der Waals surface area contributed by atoms with Crippen molar-refractivity contribution in [1.82, 2.24) is 0 Å². The topological polar surface area (TPSA) is 0 Å². The molecule has 0 rings (SSSR count). The third-order valence-electron chi connectivity index (χ3n) is 1.08. The van der Waals surface area contributed by atoms with Gasteiger partial charge < -0.3 is 0 Å². The fraction of sp³-hybridized carbons (Fsp3) is 0.800. The Labute approximate surface area is 72.4 Å². The zero-order valence-corrected chi connectivity index (χ0v) is 9.71. The molecule has 0 radical (unpaired) electrons. The van der Waals surface area contributed by atoms with E-state index in [-0.39, 0.29) is 5.41 Å². The van der Waals surface area contributed by atoms with Crippen LogP contribution in [0.15, 0.2) is 0 Å².